The molecule has 1 saturated carbocycles. The largest absolute Gasteiger partial charge is 0.396 e. The van der Waals surface area contributed by atoms with Crippen molar-refractivity contribution in [1.29, 1.82) is 0 Å². The molecule has 0 heterocycles. The van der Waals surface area contributed by atoms with E-state index >= 15 is 0 Å². The van der Waals surface area contributed by atoms with Crippen LogP contribution in [0.5, 0.6) is 0 Å². The fourth-order valence-corrected chi connectivity index (χ4v) is 3.06. The molecule has 1 aliphatic rings. The Morgan fingerprint density at radius 1 is 1.19 bits per heavy atom. The van der Waals surface area contributed by atoms with Crippen molar-refractivity contribution in [2.24, 2.45) is 5.41 Å². The van der Waals surface area contributed by atoms with Crippen LogP contribution in [0.15, 0.2) is 24.3 Å². The second-order valence-electron chi connectivity index (χ2n) is 6.07. The van der Waals surface area contributed by atoms with Crippen molar-refractivity contribution in [2.45, 2.75) is 38.5 Å². The fourth-order valence-electron chi connectivity index (χ4n) is 3.06. The van der Waals surface area contributed by atoms with Gasteiger partial charge in [-0.25, -0.2) is 0 Å². The molecule has 1 aliphatic carbocycles. The molecule has 0 spiro atoms. The Morgan fingerprint density at radius 2 is 1.86 bits per heavy atom. The minimum atomic E-state index is -0.379. The van der Waals surface area contributed by atoms with Gasteiger partial charge in [-0.15, -0.1) is 0 Å². The highest BCUT2D eigenvalue weighted by Gasteiger charge is 2.30. The first-order chi connectivity index (χ1) is 10.2. The Kier molecular flexibility index (Phi) is 5.70. The summed E-state index contributed by atoms with van der Waals surface area (Å²) >= 11 is 0. The summed E-state index contributed by atoms with van der Waals surface area (Å²) in [6.07, 6.45) is 6.77. The molecule has 0 bridgehead atoms. The Hall–Kier alpha value is -1.46. The number of nitrogens with one attached hydrogen (secondary N) is 1. The molecular weight excluding hydrogens is 268 g/mol. The van der Waals surface area contributed by atoms with Gasteiger partial charge in [0.1, 0.15) is 0 Å². The molecule has 21 heavy (non-hydrogen) atoms. The van der Waals surface area contributed by atoms with Gasteiger partial charge < -0.3 is 10.4 Å². The second-order valence-corrected chi connectivity index (χ2v) is 6.07. The van der Waals surface area contributed by atoms with E-state index in [-0.39, 0.29) is 22.6 Å². The van der Waals surface area contributed by atoms with E-state index in [0.717, 1.165) is 37.9 Å². The van der Waals surface area contributed by atoms with Crippen LogP contribution in [0.3, 0.4) is 0 Å². The lowest BCUT2D eigenvalue weighted by Crippen LogP contribution is -2.39. The van der Waals surface area contributed by atoms with Gasteiger partial charge in [0.05, 0.1) is 4.92 Å². The van der Waals surface area contributed by atoms with Crippen LogP contribution < -0.4 is 5.32 Å². The molecule has 0 aromatic heterocycles. The van der Waals surface area contributed by atoms with Crippen LogP contribution in [0.4, 0.5) is 5.69 Å². The maximum atomic E-state index is 10.6. The number of aliphatic hydroxyl groups is 1. The summed E-state index contributed by atoms with van der Waals surface area (Å²) in [4.78, 5) is 10.2. The molecule has 0 radical (unpaired) electrons. The predicted molar refractivity (Wildman–Crippen MR) is 82.3 cm³/mol. The molecule has 0 atom stereocenters. The van der Waals surface area contributed by atoms with E-state index < -0.39 is 0 Å². The van der Waals surface area contributed by atoms with E-state index in [9.17, 15) is 15.2 Å². The van der Waals surface area contributed by atoms with Crippen LogP contribution in [0, 0.1) is 15.5 Å². The maximum absolute atomic E-state index is 10.6. The molecule has 5 heteroatoms. The van der Waals surface area contributed by atoms with Gasteiger partial charge in [0.2, 0.25) is 0 Å². The highest BCUT2D eigenvalue weighted by molar-refractivity contribution is 5.32. The number of nitrogens with zero attached hydrogens (tertiary/aromatic N) is 1. The Morgan fingerprint density at radius 3 is 2.43 bits per heavy atom. The topological polar surface area (TPSA) is 75.4 Å². The average Bonchev–Trinajstić information content (AvgIpc) is 2.53. The Bertz CT molecular complexity index is 453. The molecule has 0 unspecified atom stereocenters. The summed E-state index contributed by atoms with van der Waals surface area (Å²) in [6.45, 7) is 1.95. The van der Waals surface area contributed by atoms with Crippen LogP contribution >= 0.6 is 0 Å². The summed E-state index contributed by atoms with van der Waals surface area (Å²) in [5.41, 5.74) is 1.29. The van der Waals surface area contributed by atoms with Gasteiger partial charge in [-0.1, -0.05) is 31.4 Å². The zero-order valence-corrected chi connectivity index (χ0v) is 12.4. The monoisotopic (exact) mass is 292 g/mol. The van der Waals surface area contributed by atoms with Crippen LogP contribution in [0.2, 0.25) is 0 Å². The SMILES string of the molecule is O=[N+]([O-])c1ccc(CCNCC2(CO)CCCCC2)cc1. The van der Waals surface area contributed by atoms with E-state index in [1.54, 1.807) is 12.1 Å². The number of nitro benzene ring substituents is 1. The third kappa shape index (κ3) is 4.51. The zero-order valence-electron chi connectivity index (χ0n) is 12.4. The fraction of sp³-hybridized carbons (Fsp3) is 0.625. The van der Waals surface area contributed by atoms with Crippen molar-refractivity contribution in [3.63, 3.8) is 0 Å². The van der Waals surface area contributed by atoms with E-state index in [4.69, 9.17) is 0 Å². The van der Waals surface area contributed by atoms with Crippen molar-refractivity contribution in [3.05, 3.63) is 39.9 Å². The van der Waals surface area contributed by atoms with E-state index in [0.29, 0.717) is 0 Å². The first-order valence-electron chi connectivity index (χ1n) is 7.70. The van der Waals surface area contributed by atoms with Gasteiger partial charge in [0, 0.05) is 30.7 Å². The molecule has 1 fully saturated rings. The number of benzene rings is 1. The standard InChI is InChI=1S/C16H24N2O3/c19-13-16(9-2-1-3-10-16)12-17-11-8-14-4-6-15(7-5-14)18(20)21/h4-7,17,19H,1-3,8-13H2. The normalized spacial score (nSPS) is 17.6. The molecule has 0 saturated heterocycles. The highest BCUT2D eigenvalue weighted by atomic mass is 16.6. The number of hydrogen-bond acceptors (Lipinski definition) is 4. The molecule has 1 aromatic carbocycles. The van der Waals surface area contributed by atoms with Crippen molar-refractivity contribution < 1.29 is 10.0 Å². The van der Waals surface area contributed by atoms with Gasteiger partial charge >= 0.3 is 0 Å². The van der Waals surface area contributed by atoms with Gasteiger partial charge in [0.15, 0.2) is 0 Å². The van der Waals surface area contributed by atoms with E-state index in [1.807, 2.05) is 12.1 Å². The van der Waals surface area contributed by atoms with Gasteiger partial charge in [0.25, 0.3) is 5.69 Å². The molecule has 2 N–H and O–H groups in total. The third-order valence-corrected chi connectivity index (χ3v) is 4.49. The van der Waals surface area contributed by atoms with Crippen LogP contribution in [-0.4, -0.2) is 29.7 Å². The lowest BCUT2D eigenvalue weighted by molar-refractivity contribution is -0.384. The predicted octanol–water partition coefficient (Wildman–Crippen LogP) is 2.67. The zero-order chi connectivity index (χ0) is 15.1. The molecular formula is C16H24N2O3. The second kappa shape index (κ2) is 7.52. The number of aliphatic hydroxyl groups excluding tert-OH is 1. The van der Waals surface area contributed by atoms with Gasteiger partial charge in [-0.2, -0.15) is 0 Å². The molecule has 1 aromatic rings. The van der Waals surface area contributed by atoms with Crippen molar-refractivity contribution in [1.82, 2.24) is 5.32 Å². The minimum absolute atomic E-state index is 0.0632. The summed E-state index contributed by atoms with van der Waals surface area (Å²) in [7, 11) is 0. The van der Waals surface area contributed by atoms with Gasteiger partial charge in [-0.05, 0) is 31.4 Å². The third-order valence-electron chi connectivity index (χ3n) is 4.49. The molecule has 5 nitrogen and oxygen atoms in total. The highest BCUT2D eigenvalue weighted by Crippen LogP contribution is 2.35. The number of non-ortho nitro benzene ring substituents is 1. The Labute approximate surface area is 125 Å². The summed E-state index contributed by atoms with van der Waals surface area (Å²) < 4.78 is 0. The first kappa shape index (κ1) is 15.9. The molecule has 0 aliphatic heterocycles. The molecule has 116 valence electrons. The number of nitro groups is 1. The summed E-state index contributed by atoms with van der Waals surface area (Å²) in [6, 6.07) is 6.71. The lowest BCUT2D eigenvalue weighted by atomic mass is 9.74. The van der Waals surface area contributed by atoms with Crippen LogP contribution in [0.1, 0.15) is 37.7 Å². The summed E-state index contributed by atoms with van der Waals surface area (Å²) in [5.74, 6) is 0. The summed E-state index contributed by atoms with van der Waals surface area (Å²) in [5, 5.41) is 23.7. The van der Waals surface area contributed by atoms with Crippen molar-refractivity contribution >= 4 is 5.69 Å². The maximum Gasteiger partial charge on any atom is 0.269 e. The van der Waals surface area contributed by atoms with Crippen molar-refractivity contribution in [2.75, 3.05) is 19.7 Å². The quantitative estimate of drug-likeness (QED) is 0.460. The van der Waals surface area contributed by atoms with E-state index in [2.05, 4.69) is 5.32 Å². The number of rotatable bonds is 7. The van der Waals surface area contributed by atoms with Crippen molar-refractivity contribution in [3.8, 4) is 0 Å². The minimum Gasteiger partial charge on any atom is -0.396 e. The van der Waals surface area contributed by atoms with E-state index in [1.165, 1.54) is 19.3 Å². The number of hydrogen-bond donors (Lipinski definition) is 2. The average molecular weight is 292 g/mol. The first-order valence-corrected chi connectivity index (χ1v) is 7.70. The molecule has 0 amide bonds. The van der Waals surface area contributed by atoms with Gasteiger partial charge in [-0.3, -0.25) is 10.1 Å². The van der Waals surface area contributed by atoms with Crippen LogP contribution in [0.25, 0.3) is 0 Å². The van der Waals surface area contributed by atoms with Crippen LogP contribution in [-0.2, 0) is 6.42 Å². The lowest BCUT2D eigenvalue weighted by Gasteiger charge is -2.35. The smallest absolute Gasteiger partial charge is 0.269 e. The Balaban J connectivity index is 1.74. The molecule has 2 rings (SSSR count).